The van der Waals surface area contributed by atoms with Crippen LogP contribution in [-0.2, 0) is 6.54 Å². The third kappa shape index (κ3) is 3.33. The summed E-state index contributed by atoms with van der Waals surface area (Å²) in [4.78, 5) is 12.4. The molecule has 1 aliphatic rings. The van der Waals surface area contributed by atoms with Crippen LogP contribution in [0.15, 0.2) is 18.2 Å². The van der Waals surface area contributed by atoms with Crippen LogP contribution in [-0.4, -0.2) is 22.4 Å². The quantitative estimate of drug-likeness (QED) is 0.607. The second kappa shape index (κ2) is 6.79. The van der Waals surface area contributed by atoms with Crippen LogP contribution < -0.4 is 0 Å². The van der Waals surface area contributed by atoms with E-state index in [0.29, 0.717) is 18.2 Å². The van der Waals surface area contributed by atoms with Crippen molar-refractivity contribution in [2.75, 3.05) is 6.54 Å². The maximum absolute atomic E-state index is 14.1. The summed E-state index contributed by atoms with van der Waals surface area (Å²) in [6.07, 6.45) is 6.01. The normalized spacial score (nSPS) is 16.6. The van der Waals surface area contributed by atoms with Crippen LogP contribution in [0, 0.1) is 15.9 Å². The smallest absolute Gasteiger partial charge is 0.296 e. The van der Waals surface area contributed by atoms with Crippen LogP contribution >= 0.6 is 0 Å². The fourth-order valence-corrected chi connectivity index (χ4v) is 2.99. The summed E-state index contributed by atoms with van der Waals surface area (Å²) in [5.74, 6) is -0.688. The molecule has 0 atom stereocenters. The molecule has 0 aromatic heterocycles. The molecule has 1 aliphatic carbocycles. The molecule has 2 rings (SSSR count). The summed E-state index contributed by atoms with van der Waals surface area (Å²) in [6.45, 7) is 3.35. The Labute approximate surface area is 118 Å². The van der Waals surface area contributed by atoms with E-state index in [2.05, 4.69) is 11.8 Å². The van der Waals surface area contributed by atoms with Crippen molar-refractivity contribution >= 4 is 5.69 Å². The number of nitro groups is 1. The van der Waals surface area contributed by atoms with Crippen molar-refractivity contribution in [2.45, 2.75) is 51.6 Å². The van der Waals surface area contributed by atoms with Crippen molar-refractivity contribution in [3.8, 4) is 0 Å². The largest absolute Gasteiger partial charge is 0.305 e. The summed E-state index contributed by atoms with van der Waals surface area (Å²) in [5.41, 5.74) is -0.00572. The van der Waals surface area contributed by atoms with E-state index in [1.54, 1.807) is 12.1 Å². The third-order valence-electron chi connectivity index (χ3n) is 4.13. The zero-order chi connectivity index (χ0) is 14.5. The van der Waals surface area contributed by atoms with E-state index in [1.165, 1.54) is 25.3 Å². The van der Waals surface area contributed by atoms with Gasteiger partial charge < -0.3 is 0 Å². The average Bonchev–Trinajstić information content (AvgIpc) is 2.47. The highest BCUT2D eigenvalue weighted by Gasteiger charge is 2.23. The highest BCUT2D eigenvalue weighted by atomic mass is 19.1. The molecule has 0 aliphatic heterocycles. The topological polar surface area (TPSA) is 46.4 Å². The molecule has 0 radical (unpaired) electrons. The molecular weight excluding hydrogens is 259 g/mol. The fraction of sp³-hybridized carbons (Fsp3) is 0.600. The van der Waals surface area contributed by atoms with Crippen molar-refractivity contribution in [2.24, 2.45) is 0 Å². The molecule has 0 bridgehead atoms. The molecule has 20 heavy (non-hydrogen) atoms. The van der Waals surface area contributed by atoms with Gasteiger partial charge in [-0.05, 0) is 19.4 Å². The van der Waals surface area contributed by atoms with Gasteiger partial charge in [0.15, 0.2) is 0 Å². The maximum atomic E-state index is 14.1. The minimum absolute atomic E-state index is 0.423. The van der Waals surface area contributed by atoms with Crippen LogP contribution in [0.5, 0.6) is 0 Å². The van der Waals surface area contributed by atoms with E-state index in [4.69, 9.17) is 0 Å². The van der Waals surface area contributed by atoms with E-state index >= 15 is 0 Å². The molecule has 110 valence electrons. The number of nitrogens with zero attached hydrogens (tertiary/aromatic N) is 2. The number of benzene rings is 1. The van der Waals surface area contributed by atoms with Gasteiger partial charge in [-0.2, -0.15) is 4.39 Å². The Morgan fingerprint density at radius 3 is 2.65 bits per heavy atom. The molecule has 5 heteroatoms. The van der Waals surface area contributed by atoms with Crippen LogP contribution in [0.25, 0.3) is 0 Å². The first-order valence-corrected chi connectivity index (χ1v) is 7.29. The van der Waals surface area contributed by atoms with Crippen molar-refractivity contribution in [3.05, 3.63) is 39.7 Å². The molecule has 1 aromatic carbocycles. The molecule has 0 unspecified atom stereocenters. The highest BCUT2D eigenvalue weighted by molar-refractivity contribution is 5.36. The van der Waals surface area contributed by atoms with Crippen molar-refractivity contribution in [3.63, 3.8) is 0 Å². The molecule has 0 spiro atoms. The zero-order valence-electron chi connectivity index (χ0n) is 11.8. The van der Waals surface area contributed by atoms with E-state index < -0.39 is 16.4 Å². The van der Waals surface area contributed by atoms with Gasteiger partial charge in [-0.1, -0.05) is 38.3 Å². The van der Waals surface area contributed by atoms with Gasteiger partial charge in [0, 0.05) is 24.2 Å². The lowest BCUT2D eigenvalue weighted by Crippen LogP contribution is -2.36. The zero-order valence-corrected chi connectivity index (χ0v) is 11.8. The molecule has 1 fully saturated rings. The van der Waals surface area contributed by atoms with E-state index in [0.717, 1.165) is 19.4 Å². The SMILES string of the molecule is CCN(Cc1cccc([N+](=O)[O-])c1F)C1CCCCC1. The second-order valence-corrected chi connectivity index (χ2v) is 5.36. The summed E-state index contributed by atoms with van der Waals surface area (Å²) in [5, 5.41) is 10.8. The van der Waals surface area contributed by atoms with E-state index in [9.17, 15) is 14.5 Å². The lowest BCUT2D eigenvalue weighted by atomic mass is 9.94. The predicted molar refractivity (Wildman–Crippen MR) is 76.0 cm³/mol. The Bertz CT molecular complexity index is 473. The third-order valence-corrected chi connectivity index (χ3v) is 4.13. The van der Waals surface area contributed by atoms with Crippen LogP contribution in [0.3, 0.4) is 0 Å². The molecule has 0 heterocycles. The highest BCUT2D eigenvalue weighted by Crippen LogP contribution is 2.26. The average molecular weight is 280 g/mol. The predicted octanol–water partition coefficient (Wildman–Crippen LogP) is 3.89. The van der Waals surface area contributed by atoms with E-state index in [1.807, 2.05) is 0 Å². The first-order valence-electron chi connectivity index (χ1n) is 7.29. The molecule has 0 amide bonds. The van der Waals surface area contributed by atoms with Gasteiger partial charge in [-0.15, -0.1) is 0 Å². The Kier molecular flexibility index (Phi) is 5.06. The van der Waals surface area contributed by atoms with Gasteiger partial charge in [0.2, 0.25) is 5.82 Å². The summed E-state index contributed by atoms with van der Waals surface area (Å²) < 4.78 is 14.1. The number of hydrogen-bond acceptors (Lipinski definition) is 3. The Balaban J connectivity index is 2.14. The van der Waals surface area contributed by atoms with Crippen LogP contribution in [0.2, 0.25) is 0 Å². The first-order chi connectivity index (χ1) is 9.63. The van der Waals surface area contributed by atoms with Gasteiger partial charge in [-0.25, -0.2) is 0 Å². The van der Waals surface area contributed by atoms with Crippen molar-refractivity contribution < 1.29 is 9.31 Å². The lowest BCUT2D eigenvalue weighted by Gasteiger charge is -2.33. The van der Waals surface area contributed by atoms with E-state index in [-0.39, 0.29) is 0 Å². The summed E-state index contributed by atoms with van der Waals surface area (Å²) >= 11 is 0. The first kappa shape index (κ1) is 14.9. The Morgan fingerprint density at radius 2 is 2.05 bits per heavy atom. The number of rotatable bonds is 5. The van der Waals surface area contributed by atoms with Gasteiger partial charge in [-0.3, -0.25) is 15.0 Å². The lowest BCUT2D eigenvalue weighted by molar-refractivity contribution is -0.387. The number of hydrogen-bond donors (Lipinski definition) is 0. The molecular formula is C15H21FN2O2. The van der Waals surface area contributed by atoms with Crippen LogP contribution in [0.1, 0.15) is 44.6 Å². The van der Waals surface area contributed by atoms with Crippen molar-refractivity contribution in [1.29, 1.82) is 0 Å². The minimum Gasteiger partial charge on any atom is -0.296 e. The molecule has 1 saturated carbocycles. The molecule has 0 saturated heterocycles. The van der Waals surface area contributed by atoms with Gasteiger partial charge in [0.25, 0.3) is 0 Å². The minimum atomic E-state index is -0.688. The Hall–Kier alpha value is -1.49. The molecule has 1 aromatic rings. The molecule has 4 nitrogen and oxygen atoms in total. The van der Waals surface area contributed by atoms with Gasteiger partial charge in [0.1, 0.15) is 0 Å². The Morgan fingerprint density at radius 1 is 1.35 bits per heavy atom. The monoisotopic (exact) mass is 280 g/mol. The fourth-order valence-electron chi connectivity index (χ4n) is 2.99. The second-order valence-electron chi connectivity index (χ2n) is 5.36. The standard InChI is InChI=1S/C15H21FN2O2/c1-2-17(13-8-4-3-5-9-13)11-12-7-6-10-14(15(12)16)18(19)20/h6-7,10,13H,2-5,8-9,11H2,1H3. The number of halogens is 1. The van der Waals surface area contributed by atoms with Crippen LogP contribution in [0.4, 0.5) is 10.1 Å². The maximum Gasteiger partial charge on any atom is 0.305 e. The van der Waals surface area contributed by atoms with Gasteiger partial charge >= 0.3 is 5.69 Å². The molecule has 0 N–H and O–H groups in total. The summed E-state index contributed by atoms with van der Waals surface area (Å²) in [7, 11) is 0. The van der Waals surface area contributed by atoms with Gasteiger partial charge in [0.05, 0.1) is 4.92 Å². The van der Waals surface area contributed by atoms with Crippen molar-refractivity contribution in [1.82, 2.24) is 4.90 Å². The number of nitro benzene ring substituents is 1. The summed E-state index contributed by atoms with van der Waals surface area (Å²) in [6, 6.07) is 4.90.